The largest absolute Gasteiger partial charge is 0.396 e. The second-order valence-electron chi connectivity index (χ2n) is 7.11. The number of amides is 2. The van der Waals surface area contributed by atoms with Crippen LogP contribution in [-0.2, 0) is 16.1 Å². The van der Waals surface area contributed by atoms with Crippen LogP contribution in [0.5, 0.6) is 0 Å². The number of aromatic nitrogens is 1. The summed E-state index contributed by atoms with van der Waals surface area (Å²) in [4.78, 5) is 31.1. The van der Waals surface area contributed by atoms with Crippen LogP contribution in [-0.4, -0.2) is 34.5 Å². The average Bonchev–Trinajstić information content (AvgIpc) is 2.70. The Morgan fingerprint density at radius 1 is 1.31 bits per heavy atom. The third kappa shape index (κ3) is 5.31. The van der Waals surface area contributed by atoms with Crippen LogP contribution >= 0.6 is 0 Å². The van der Waals surface area contributed by atoms with E-state index < -0.39 is 11.8 Å². The van der Waals surface area contributed by atoms with Crippen LogP contribution in [0.1, 0.15) is 37.0 Å². The van der Waals surface area contributed by atoms with Gasteiger partial charge in [-0.25, -0.2) is 4.98 Å². The lowest BCUT2D eigenvalue weighted by molar-refractivity contribution is -0.144. The van der Waals surface area contributed by atoms with Crippen molar-refractivity contribution in [1.29, 1.82) is 5.41 Å². The summed E-state index contributed by atoms with van der Waals surface area (Å²) in [6, 6.07) is 7.77. The molecule has 8 heteroatoms. The van der Waals surface area contributed by atoms with Gasteiger partial charge in [0.2, 0.25) is 0 Å². The second kappa shape index (κ2) is 9.68. The number of anilines is 3. The van der Waals surface area contributed by atoms with E-state index in [9.17, 15) is 9.59 Å². The highest BCUT2D eigenvalue weighted by Crippen LogP contribution is 2.24. The summed E-state index contributed by atoms with van der Waals surface area (Å²) in [6.45, 7) is 6.85. The Balaban J connectivity index is 2.24. The highest BCUT2D eigenvalue weighted by atomic mass is 16.2. The highest BCUT2D eigenvalue weighted by molar-refractivity contribution is 6.39. The fraction of sp³-hybridized carbons (Fsp3) is 0.333. The van der Waals surface area contributed by atoms with Crippen LogP contribution in [0.2, 0.25) is 0 Å². The summed E-state index contributed by atoms with van der Waals surface area (Å²) < 4.78 is 0. The molecule has 1 heterocycles. The van der Waals surface area contributed by atoms with Crippen LogP contribution in [0.4, 0.5) is 17.2 Å². The number of nitrogens with zero attached hydrogens (tertiary/aromatic N) is 2. The molecule has 154 valence electrons. The molecule has 6 N–H and O–H groups in total. The molecule has 1 aromatic carbocycles. The Hall–Kier alpha value is -3.42. The molecular formula is C21H28N6O2. The Kier molecular flexibility index (Phi) is 7.30. The third-order valence-electron chi connectivity index (χ3n) is 4.91. The fourth-order valence-electron chi connectivity index (χ4n) is 2.84. The van der Waals surface area contributed by atoms with Crippen molar-refractivity contribution in [3.8, 4) is 0 Å². The van der Waals surface area contributed by atoms with E-state index in [-0.39, 0.29) is 28.7 Å². The van der Waals surface area contributed by atoms with E-state index in [1.807, 2.05) is 45.0 Å². The smallest absolute Gasteiger partial charge is 0.314 e. The molecule has 2 rings (SSSR count). The molecule has 0 radical (unpaired) electrons. The molecule has 1 atom stereocenters. The van der Waals surface area contributed by atoms with Gasteiger partial charge >= 0.3 is 11.8 Å². The van der Waals surface area contributed by atoms with Crippen LogP contribution in [0.25, 0.3) is 0 Å². The number of nitrogen functional groups attached to an aromatic ring is 2. The van der Waals surface area contributed by atoms with Gasteiger partial charge in [0.1, 0.15) is 5.82 Å². The van der Waals surface area contributed by atoms with E-state index in [0.717, 1.165) is 23.8 Å². The molecule has 0 aliphatic carbocycles. The summed E-state index contributed by atoms with van der Waals surface area (Å²) >= 11 is 0. The molecule has 2 amide bonds. The number of carbonyl (C=O) groups excluding carboxylic acids is 2. The van der Waals surface area contributed by atoms with Crippen molar-refractivity contribution < 1.29 is 9.59 Å². The van der Waals surface area contributed by atoms with E-state index >= 15 is 0 Å². The molecule has 0 aliphatic heterocycles. The zero-order valence-electron chi connectivity index (χ0n) is 17.0. The average molecular weight is 396 g/mol. The van der Waals surface area contributed by atoms with Crippen LogP contribution < -0.4 is 16.8 Å². The monoisotopic (exact) mass is 396 g/mol. The first-order chi connectivity index (χ1) is 13.8. The highest BCUT2D eigenvalue weighted by Gasteiger charge is 2.25. The molecular weight excluding hydrogens is 368 g/mol. The van der Waals surface area contributed by atoms with Crippen LogP contribution in [0.3, 0.4) is 0 Å². The predicted octanol–water partition coefficient (Wildman–Crippen LogP) is 2.57. The minimum absolute atomic E-state index is 0.0831. The van der Waals surface area contributed by atoms with Crippen LogP contribution in [0.15, 0.2) is 30.5 Å². The van der Waals surface area contributed by atoms with Crippen molar-refractivity contribution in [2.24, 2.45) is 5.92 Å². The van der Waals surface area contributed by atoms with Gasteiger partial charge in [-0.2, -0.15) is 0 Å². The summed E-state index contributed by atoms with van der Waals surface area (Å²) in [5.41, 5.74) is 14.1. The number of hydrogen-bond acceptors (Lipinski definition) is 6. The predicted molar refractivity (Wildman–Crippen MR) is 116 cm³/mol. The standard InChI is InChI=1S/C21H28N6O2/c1-4-13(2)11-27(12-15-8-6-5-7-14(15)3)21(29)20(28)26-17-10-25-19(24)16(9-22)18(17)23/h5-10,13,22H,4,11-12H2,1-3H3,(H,26,28)(H4,23,24,25). The number of pyridine rings is 1. The molecule has 1 aromatic heterocycles. The van der Waals surface area contributed by atoms with Crippen molar-refractivity contribution in [2.75, 3.05) is 23.3 Å². The Morgan fingerprint density at radius 3 is 2.62 bits per heavy atom. The van der Waals surface area contributed by atoms with Gasteiger partial charge in [-0.15, -0.1) is 0 Å². The second-order valence-corrected chi connectivity index (χ2v) is 7.11. The quantitative estimate of drug-likeness (QED) is 0.421. The molecule has 0 bridgehead atoms. The van der Waals surface area contributed by atoms with E-state index in [1.54, 1.807) is 4.90 Å². The van der Waals surface area contributed by atoms with Gasteiger partial charge in [-0.1, -0.05) is 44.5 Å². The van der Waals surface area contributed by atoms with Gasteiger partial charge in [0.25, 0.3) is 0 Å². The van der Waals surface area contributed by atoms with Crippen molar-refractivity contribution >= 4 is 35.2 Å². The molecule has 29 heavy (non-hydrogen) atoms. The van der Waals surface area contributed by atoms with E-state index in [4.69, 9.17) is 16.9 Å². The molecule has 0 fully saturated rings. The maximum atomic E-state index is 12.9. The SMILES string of the molecule is CCC(C)CN(Cc1ccccc1C)C(=O)C(=O)Nc1cnc(N)c(C=N)c1N. The van der Waals surface area contributed by atoms with E-state index in [2.05, 4.69) is 10.3 Å². The van der Waals surface area contributed by atoms with Gasteiger partial charge in [0.05, 0.1) is 23.1 Å². The lowest BCUT2D eigenvalue weighted by Gasteiger charge is -2.26. The Morgan fingerprint density at radius 2 is 2.00 bits per heavy atom. The number of aryl methyl sites for hydroxylation is 1. The molecule has 2 aromatic rings. The van der Waals surface area contributed by atoms with Crippen LogP contribution in [0, 0.1) is 18.3 Å². The Bertz CT molecular complexity index is 912. The molecule has 1 unspecified atom stereocenters. The number of rotatable bonds is 7. The fourth-order valence-corrected chi connectivity index (χ4v) is 2.84. The number of nitrogens with two attached hydrogens (primary N) is 2. The number of hydrogen-bond donors (Lipinski definition) is 4. The van der Waals surface area contributed by atoms with Gasteiger partial charge in [0.15, 0.2) is 0 Å². The first-order valence-electron chi connectivity index (χ1n) is 9.47. The van der Waals surface area contributed by atoms with Crippen molar-refractivity contribution in [3.05, 3.63) is 47.2 Å². The van der Waals surface area contributed by atoms with E-state index in [1.165, 1.54) is 6.20 Å². The zero-order valence-corrected chi connectivity index (χ0v) is 17.0. The lowest BCUT2D eigenvalue weighted by Crippen LogP contribution is -2.41. The minimum Gasteiger partial charge on any atom is -0.396 e. The summed E-state index contributed by atoms with van der Waals surface area (Å²) in [6.07, 6.45) is 3.13. The van der Waals surface area contributed by atoms with Gasteiger partial charge < -0.3 is 27.1 Å². The Labute approximate surface area is 170 Å². The summed E-state index contributed by atoms with van der Waals surface area (Å²) in [5, 5.41) is 9.90. The van der Waals surface area contributed by atoms with Gasteiger partial charge in [-0.3, -0.25) is 9.59 Å². The molecule has 0 saturated carbocycles. The number of nitrogens with one attached hydrogen (secondary N) is 2. The topological polar surface area (TPSA) is 138 Å². The molecule has 0 aliphatic rings. The maximum Gasteiger partial charge on any atom is 0.314 e. The van der Waals surface area contributed by atoms with Crippen molar-refractivity contribution in [3.63, 3.8) is 0 Å². The zero-order chi connectivity index (χ0) is 21.6. The summed E-state index contributed by atoms with van der Waals surface area (Å²) in [5.74, 6) is -1.14. The van der Waals surface area contributed by atoms with Gasteiger partial charge in [0, 0.05) is 19.3 Å². The van der Waals surface area contributed by atoms with E-state index in [0.29, 0.717) is 13.1 Å². The lowest BCUT2D eigenvalue weighted by atomic mass is 10.1. The number of carbonyl (C=O) groups is 2. The molecule has 8 nitrogen and oxygen atoms in total. The normalized spacial score (nSPS) is 11.6. The maximum absolute atomic E-state index is 12.9. The first-order valence-corrected chi connectivity index (χ1v) is 9.47. The van der Waals surface area contributed by atoms with Crippen molar-refractivity contribution in [1.82, 2.24) is 9.88 Å². The van der Waals surface area contributed by atoms with Gasteiger partial charge in [-0.05, 0) is 24.0 Å². The third-order valence-corrected chi connectivity index (χ3v) is 4.91. The first kappa shape index (κ1) is 21.9. The van der Waals surface area contributed by atoms with Crippen molar-refractivity contribution in [2.45, 2.75) is 33.7 Å². The minimum atomic E-state index is -0.809. The molecule has 0 spiro atoms. The molecule has 0 saturated heterocycles. The summed E-state index contributed by atoms with van der Waals surface area (Å²) in [7, 11) is 0. The number of benzene rings is 1.